The molecule has 1 aromatic heterocycles. The van der Waals surface area contributed by atoms with Crippen LogP contribution in [0.2, 0.25) is 10.0 Å². The summed E-state index contributed by atoms with van der Waals surface area (Å²) in [4.78, 5) is 22.8. The zero-order valence-electron chi connectivity index (χ0n) is 17.0. The third-order valence-electron chi connectivity index (χ3n) is 5.24. The molecule has 0 spiro atoms. The first-order valence-electron chi connectivity index (χ1n) is 9.92. The molecule has 1 heterocycles. The van der Waals surface area contributed by atoms with Crippen molar-refractivity contribution in [3.8, 4) is 0 Å². The number of hydrogen-bond acceptors (Lipinski definition) is 6. The van der Waals surface area contributed by atoms with Gasteiger partial charge in [-0.05, 0) is 49.1 Å². The number of carbonyl (C=O) groups excluding carboxylic acids is 1. The third-order valence-corrected chi connectivity index (χ3v) is 6.78. The molecule has 1 saturated carbocycles. The van der Waals surface area contributed by atoms with Crippen LogP contribution in [0.25, 0.3) is 0 Å². The van der Waals surface area contributed by atoms with Crippen LogP contribution in [0.3, 0.4) is 0 Å². The summed E-state index contributed by atoms with van der Waals surface area (Å²) in [6.07, 6.45) is 1.00. The topological polar surface area (TPSA) is 103 Å². The van der Waals surface area contributed by atoms with E-state index in [1.165, 1.54) is 35.5 Å². The van der Waals surface area contributed by atoms with Crippen molar-refractivity contribution >= 4 is 52.2 Å². The third kappa shape index (κ3) is 4.90. The fourth-order valence-corrected chi connectivity index (χ4v) is 4.72. The molecule has 0 aliphatic heterocycles. The van der Waals surface area contributed by atoms with E-state index in [0.717, 1.165) is 12.2 Å². The Bertz CT molecular complexity index is 1170. The Morgan fingerprint density at radius 1 is 1.22 bits per heavy atom. The Morgan fingerprint density at radius 3 is 2.66 bits per heavy atom. The van der Waals surface area contributed by atoms with Crippen molar-refractivity contribution in [2.75, 3.05) is 11.1 Å². The first-order valence-corrected chi connectivity index (χ1v) is 11.7. The first kappa shape index (κ1) is 22.6. The van der Waals surface area contributed by atoms with Gasteiger partial charge in [0.2, 0.25) is 5.91 Å². The Labute approximate surface area is 198 Å². The number of nitro groups is 1. The van der Waals surface area contributed by atoms with E-state index < -0.39 is 4.92 Å². The molecule has 1 amide bonds. The molecule has 166 valence electrons. The van der Waals surface area contributed by atoms with Crippen LogP contribution in [0.4, 0.5) is 11.4 Å². The number of benzene rings is 2. The van der Waals surface area contributed by atoms with E-state index in [9.17, 15) is 14.9 Å². The van der Waals surface area contributed by atoms with Gasteiger partial charge in [-0.2, -0.15) is 0 Å². The Morgan fingerprint density at radius 2 is 1.97 bits per heavy atom. The van der Waals surface area contributed by atoms with E-state index in [0.29, 0.717) is 34.2 Å². The fraction of sp³-hybridized carbons (Fsp3) is 0.286. The molecule has 32 heavy (non-hydrogen) atoms. The molecule has 3 aromatic rings. The van der Waals surface area contributed by atoms with Crippen LogP contribution in [0.1, 0.15) is 36.6 Å². The second-order valence-electron chi connectivity index (χ2n) is 7.35. The number of rotatable bonds is 8. The summed E-state index contributed by atoms with van der Waals surface area (Å²) in [5, 5.41) is 23.7. The molecular weight excluding hydrogens is 473 g/mol. The van der Waals surface area contributed by atoms with E-state index in [1.807, 2.05) is 35.8 Å². The fourth-order valence-electron chi connectivity index (χ4n) is 3.59. The molecule has 2 aromatic carbocycles. The minimum absolute atomic E-state index is 0.0166. The maximum absolute atomic E-state index is 12.4. The average Bonchev–Trinajstić information content (AvgIpc) is 3.45. The summed E-state index contributed by atoms with van der Waals surface area (Å²) in [5.74, 6) is 1.40. The van der Waals surface area contributed by atoms with Gasteiger partial charge in [0, 0.05) is 29.2 Å². The number of nitrogens with zero attached hydrogens (tertiary/aromatic N) is 4. The summed E-state index contributed by atoms with van der Waals surface area (Å²) in [7, 11) is 0. The Hall–Kier alpha value is -2.62. The second-order valence-corrected chi connectivity index (χ2v) is 9.13. The van der Waals surface area contributed by atoms with E-state index >= 15 is 0 Å². The molecule has 1 aliphatic rings. The Balaban J connectivity index is 1.39. The zero-order chi connectivity index (χ0) is 22.8. The molecule has 8 nitrogen and oxygen atoms in total. The van der Waals surface area contributed by atoms with Crippen LogP contribution in [0, 0.1) is 10.1 Å². The number of thioether (sulfide) groups is 1. The first-order chi connectivity index (χ1) is 15.4. The largest absolute Gasteiger partial charge is 0.325 e. The SMILES string of the molecule is CCn1c(SCC(=O)Nc2ccc(Cl)c([N+](=O)[O-])c2)nnc1[C@H]1C[C@H]1c1ccc(Cl)cc1. The lowest BCUT2D eigenvalue weighted by atomic mass is 10.1. The highest BCUT2D eigenvalue weighted by atomic mass is 35.5. The van der Waals surface area contributed by atoms with Gasteiger partial charge in [-0.25, -0.2) is 0 Å². The number of amides is 1. The van der Waals surface area contributed by atoms with E-state index in [4.69, 9.17) is 23.2 Å². The maximum atomic E-state index is 12.4. The van der Waals surface area contributed by atoms with Crippen molar-refractivity contribution in [1.29, 1.82) is 0 Å². The Kier molecular flexibility index (Phi) is 6.68. The zero-order valence-corrected chi connectivity index (χ0v) is 19.3. The summed E-state index contributed by atoms with van der Waals surface area (Å²) in [6, 6.07) is 12.0. The van der Waals surface area contributed by atoms with Gasteiger partial charge < -0.3 is 9.88 Å². The molecule has 4 rings (SSSR count). The molecule has 2 atom stereocenters. The molecule has 0 saturated heterocycles. The number of carbonyl (C=O) groups is 1. The lowest BCUT2D eigenvalue weighted by Gasteiger charge is -2.08. The quantitative estimate of drug-likeness (QED) is 0.253. The molecule has 11 heteroatoms. The van der Waals surface area contributed by atoms with Crippen molar-refractivity contribution in [3.63, 3.8) is 0 Å². The van der Waals surface area contributed by atoms with Gasteiger partial charge in [0.25, 0.3) is 5.69 Å². The van der Waals surface area contributed by atoms with Crippen molar-refractivity contribution in [2.45, 2.75) is 36.9 Å². The number of anilines is 1. The normalized spacial score (nSPS) is 17.2. The van der Waals surface area contributed by atoms with Gasteiger partial charge in [-0.3, -0.25) is 14.9 Å². The average molecular weight is 492 g/mol. The van der Waals surface area contributed by atoms with Crippen molar-refractivity contribution in [2.24, 2.45) is 0 Å². The highest BCUT2D eigenvalue weighted by Gasteiger charge is 2.43. The van der Waals surface area contributed by atoms with Crippen LogP contribution < -0.4 is 5.32 Å². The lowest BCUT2D eigenvalue weighted by Crippen LogP contribution is -2.15. The number of nitro benzene ring substituents is 1. The molecule has 0 unspecified atom stereocenters. The molecule has 0 bridgehead atoms. The van der Waals surface area contributed by atoms with Gasteiger partial charge in [-0.15, -0.1) is 10.2 Å². The number of halogens is 2. The molecule has 1 N–H and O–H groups in total. The summed E-state index contributed by atoms with van der Waals surface area (Å²) < 4.78 is 2.03. The van der Waals surface area contributed by atoms with Crippen LogP contribution in [0.15, 0.2) is 47.6 Å². The lowest BCUT2D eigenvalue weighted by molar-refractivity contribution is -0.384. The summed E-state index contributed by atoms with van der Waals surface area (Å²) >= 11 is 13.1. The van der Waals surface area contributed by atoms with Gasteiger partial charge in [-0.1, -0.05) is 47.1 Å². The number of nitrogens with one attached hydrogen (secondary N) is 1. The molecular formula is C21H19Cl2N5O3S. The molecule has 1 aliphatic carbocycles. The van der Waals surface area contributed by atoms with E-state index in [1.54, 1.807) is 0 Å². The maximum Gasteiger partial charge on any atom is 0.289 e. The number of aromatic nitrogens is 3. The predicted octanol–water partition coefficient (Wildman–Crippen LogP) is 5.51. The monoisotopic (exact) mass is 491 g/mol. The van der Waals surface area contributed by atoms with Gasteiger partial charge in [0.1, 0.15) is 10.8 Å². The van der Waals surface area contributed by atoms with Crippen molar-refractivity contribution in [3.05, 3.63) is 74.0 Å². The van der Waals surface area contributed by atoms with Crippen molar-refractivity contribution < 1.29 is 9.72 Å². The molecule has 1 fully saturated rings. The number of hydrogen-bond donors (Lipinski definition) is 1. The van der Waals surface area contributed by atoms with Crippen LogP contribution in [0.5, 0.6) is 0 Å². The second kappa shape index (κ2) is 9.48. The van der Waals surface area contributed by atoms with Gasteiger partial charge >= 0.3 is 0 Å². The van der Waals surface area contributed by atoms with Crippen LogP contribution in [-0.4, -0.2) is 31.3 Å². The van der Waals surface area contributed by atoms with Crippen molar-refractivity contribution in [1.82, 2.24) is 14.8 Å². The summed E-state index contributed by atoms with van der Waals surface area (Å²) in [5.41, 5.74) is 1.29. The predicted molar refractivity (Wildman–Crippen MR) is 125 cm³/mol. The minimum Gasteiger partial charge on any atom is -0.325 e. The highest BCUT2D eigenvalue weighted by molar-refractivity contribution is 7.99. The minimum atomic E-state index is -0.590. The molecule has 0 radical (unpaired) electrons. The van der Waals surface area contributed by atoms with E-state index in [-0.39, 0.29) is 22.4 Å². The van der Waals surface area contributed by atoms with Crippen LogP contribution in [-0.2, 0) is 11.3 Å². The van der Waals surface area contributed by atoms with Crippen LogP contribution >= 0.6 is 35.0 Å². The summed E-state index contributed by atoms with van der Waals surface area (Å²) in [6.45, 7) is 2.71. The highest BCUT2D eigenvalue weighted by Crippen LogP contribution is 2.54. The standard InChI is InChI=1S/C21H19Cl2N5O3S/c1-2-27-20(16-10-15(16)12-3-5-13(22)6-4-12)25-26-21(27)32-11-19(29)24-14-7-8-17(23)18(9-14)28(30)31/h3-9,15-16H,2,10-11H2,1H3,(H,24,29)/t15-,16-/m0/s1. The van der Waals surface area contributed by atoms with E-state index in [2.05, 4.69) is 15.5 Å². The van der Waals surface area contributed by atoms with Gasteiger partial charge in [0.05, 0.1) is 10.7 Å². The van der Waals surface area contributed by atoms with Gasteiger partial charge in [0.15, 0.2) is 5.16 Å². The smallest absolute Gasteiger partial charge is 0.289 e.